The summed E-state index contributed by atoms with van der Waals surface area (Å²) in [5.74, 6) is 0. The Kier molecular flexibility index (Phi) is 8.28. The lowest BCUT2D eigenvalue weighted by Gasteiger charge is -2.36. The Morgan fingerprint density at radius 1 is 1.20 bits per heavy atom. The predicted molar refractivity (Wildman–Crippen MR) is 128 cm³/mol. The van der Waals surface area contributed by atoms with Crippen LogP contribution in [0.5, 0.6) is 0 Å². The van der Waals surface area contributed by atoms with E-state index < -0.39 is 0 Å². The highest BCUT2D eigenvalue weighted by Gasteiger charge is 2.24. The van der Waals surface area contributed by atoms with Crippen LogP contribution in [0.4, 0.5) is 0 Å². The number of nitrogens with one attached hydrogen (secondary N) is 2. The molecule has 1 aromatic heterocycles. The van der Waals surface area contributed by atoms with Crippen LogP contribution in [0.15, 0.2) is 23.0 Å². The minimum atomic E-state index is -0.0225. The highest BCUT2D eigenvalue weighted by molar-refractivity contribution is 7.80. The standard InChI is InChI=1S/C24H35N3O2S/c1-4-29-12-8-11-25-24(30)27(21-9-6-5-7-10-21)16-20-15-19-13-17(2)18(3)14-22(19)26-23(20)28/h13-15,21H,4-12,16H2,1-3H3,(H,25,30)(H,26,28). The fraction of sp³-hybridized carbons (Fsp3) is 0.583. The van der Waals surface area contributed by atoms with Gasteiger partial charge in [-0.3, -0.25) is 4.79 Å². The van der Waals surface area contributed by atoms with Crippen LogP contribution in [-0.4, -0.2) is 40.8 Å². The van der Waals surface area contributed by atoms with E-state index in [-0.39, 0.29) is 5.56 Å². The summed E-state index contributed by atoms with van der Waals surface area (Å²) in [6, 6.07) is 6.63. The number of thiocarbonyl (C=S) groups is 1. The highest BCUT2D eigenvalue weighted by Crippen LogP contribution is 2.25. The van der Waals surface area contributed by atoms with Crippen molar-refractivity contribution in [2.45, 2.75) is 71.9 Å². The molecule has 1 fully saturated rings. The van der Waals surface area contributed by atoms with Crippen molar-refractivity contribution < 1.29 is 4.74 Å². The molecule has 0 spiro atoms. The van der Waals surface area contributed by atoms with E-state index in [1.807, 2.05) is 13.0 Å². The topological polar surface area (TPSA) is 57.4 Å². The first-order valence-corrected chi connectivity index (χ1v) is 11.7. The molecule has 1 aliphatic rings. The quantitative estimate of drug-likeness (QED) is 0.475. The van der Waals surface area contributed by atoms with E-state index in [2.05, 4.69) is 41.2 Å². The normalized spacial score (nSPS) is 14.8. The summed E-state index contributed by atoms with van der Waals surface area (Å²) < 4.78 is 5.42. The molecule has 3 rings (SSSR count). The van der Waals surface area contributed by atoms with Gasteiger partial charge in [-0.1, -0.05) is 19.3 Å². The molecule has 2 N–H and O–H groups in total. The second-order valence-electron chi connectivity index (χ2n) is 8.35. The lowest BCUT2D eigenvalue weighted by Crippen LogP contribution is -2.47. The van der Waals surface area contributed by atoms with Crippen molar-refractivity contribution in [3.05, 3.63) is 45.2 Å². The first-order valence-electron chi connectivity index (χ1n) is 11.2. The van der Waals surface area contributed by atoms with E-state index in [0.29, 0.717) is 12.6 Å². The van der Waals surface area contributed by atoms with E-state index in [0.717, 1.165) is 60.6 Å². The Morgan fingerprint density at radius 3 is 2.67 bits per heavy atom. The molecule has 0 amide bonds. The lowest BCUT2D eigenvalue weighted by atomic mass is 9.94. The summed E-state index contributed by atoms with van der Waals surface area (Å²) in [5.41, 5.74) is 4.07. The average Bonchev–Trinajstić information content (AvgIpc) is 2.74. The van der Waals surface area contributed by atoms with E-state index in [9.17, 15) is 4.79 Å². The first kappa shape index (κ1) is 22.8. The largest absolute Gasteiger partial charge is 0.382 e. The number of ether oxygens (including phenoxy) is 1. The third kappa shape index (κ3) is 5.82. The van der Waals surface area contributed by atoms with E-state index in [1.165, 1.54) is 30.4 Å². The summed E-state index contributed by atoms with van der Waals surface area (Å²) in [6.07, 6.45) is 6.91. The van der Waals surface area contributed by atoms with Gasteiger partial charge in [-0.25, -0.2) is 0 Å². The maximum Gasteiger partial charge on any atom is 0.253 e. The molecule has 1 aliphatic carbocycles. The molecule has 0 saturated heterocycles. The van der Waals surface area contributed by atoms with Crippen LogP contribution in [-0.2, 0) is 11.3 Å². The van der Waals surface area contributed by atoms with Gasteiger partial charge >= 0.3 is 0 Å². The molecule has 0 unspecified atom stereocenters. The summed E-state index contributed by atoms with van der Waals surface area (Å²) in [4.78, 5) is 18.2. The monoisotopic (exact) mass is 429 g/mol. The Bertz CT molecular complexity index is 919. The van der Waals surface area contributed by atoms with Crippen LogP contribution in [0, 0.1) is 13.8 Å². The van der Waals surface area contributed by atoms with Crippen molar-refractivity contribution in [3.8, 4) is 0 Å². The van der Waals surface area contributed by atoms with Gasteiger partial charge in [0.25, 0.3) is 5.56 Å². The number of H-pyrrole nitrogens is 1. The van der Waals surface area contributed by atoms with Crippen molar-refractivity contribution >= 4 is 28.2 Å². The number of hydrogen-bond donors (Lipinski definition) is 2. The van der Waals surface area contributed by atoms with Crippen LogP contribution in [0.2, 0.25) is 0 Å². The number of hydrogen-bond acceptors (Lipinski definition) is 3. The molecule has 0 radical (unpaired) electrons. The molecular formula is C24H35N3O2S. The SMILES string of the molecule is CCOCCCNC(=S)N(Cc1cc2cc(C)c(C)cc2[nH]c1=O)C1CCCCC1. The van der Waals surface area contributed by atoms with Crippen molar-refractivity contribution in [2.24, 2.45) is 0 Å². The molecule has 0 atom stereocenters. The maximum atomic E-state index is 12.8. The van der Waals surface area contributed by atoms with Crippen molar-refractivity contribution in [3.63, 3.8) is 0 Å². The van der Waals surface area contributed by atoms with E-state index in [4.69, 9.17) is 17.0 Å². The zero-order chi connectivity index (χ0) is 21.5. The molecule has 1 heterocycles. The Hall–Kier alpha value is -1.92. The summed E-state index contributed by atoms with van der Waals surface area (Å²) in [5, 5.41) is 5.22. The molecule has 6 heteroatoms. The van der Waals surface area contributed by atoms with Crippen molar-refractivity contribution in [1.82, 2.24) is 15.2 Å². The van der Waals surface area contributed by atoms with Gasteiger partial charge in [0.15, 0.2) is 5.11 Å². The van der Waals surface area contributed by atoms with Gasteiger partial charge in [-0.2, -0.15) is 0 Å². The minimum Gasteiger partial charge on any atom is -0.382 e. The van der Waals surface area contributed by atoms with Gasteiger partial charge in [0, 0.05) is 36.9 Å². The van der Waals surface area contributed by atoms with Gasteiger partial charge in [-0.15, -0.1) is 0 Å². The number of benzene rings is 1. The van der Waals surface area contributed by atoms with Crippen LogP contribution in [0.3, 0.4) is 0 Å². The molecule has 0 aliphatic heterocycles. The highest BCUT2D eigenvalue weighted by atomic mass is 32.1. The van der Waals surface area contributed by atoms with Gasteiger partial charge in [0.1, 0.15) is 0 Å². The number of pyridine rings is 1. The average molecular weight is 430 g/mol. The van der Waals surface area contributed by atoms with Crippen molar-refractivity contribution in [2.75, 3.05) is 19.8 Å². The molecule has 1 saturated carbocycles. The number of aryl methyl sites for hydroxylation is 2. The Morgan fingerprint density at radius 2 is 1.93 bits per heavy atom. The van der Waals surface area contributed by atoms with Gasteiger partial charge in [0.05, 0.1) is 6.54 Å². The second kappa shape index (κ2) is 10.9. The van der Waals surface area contributed by atoms with Gasteiger partial charge in [0.2, 0.25) is 0 Å². The lowest BCUT2D eigenvalue weighted by molar-refractivity contribution is 0.145. The zero-order valence-corrected chi connectivity index (χ0v) is 19.4. The first-order chi connectivity index (χ1) is 14.5. The minimum absolute atomic E-state index is 0.0225. The molecular weight excluding hydrogens is 394 g/mol. The van der Waals surface area contributed by atoms with Crippen LogP contribution in [0.25, 0.3) is 10.9 Å². The number of aromatic amines is 1. The van der Waals surface area contributed by atoms with Crippen molar-refractivity contribution in [1.29, 1.82) is 0 Å². The molecule has 1 aromatic carbocycles. The second-order valence-corrected chi connectivity index (χ2v) is 8.74. The van der Waals surface area contributed by atoms with E-state index >= 15 is 0 Å². The summed E-state index contributed by atoms with van der Waals surface area (Å²) >= 11 is 5.77. The van der Waals surface area contributed by atoms with Gasteiger partial charge < -0.3 is 19.9 Å². The number of fused-ring (bicyclic) bond motifs is 1. The molecule has 2 aromatic rings. The zero-order valence-electron chi connectivity index (χ0n) is 18.6. The molecule has 5 nitrogen and oxygen atoms in total. The van der Waals surface area contributed by atoms with Crippen LogP contribution in [0.1, 0.15) is 62.1 Å². The Labute approximate surface area is 185 Å². The Balaban J connectivity index is 1.79. The fourth-order valence-corrected chi connectivity index (χ4v) is 4.51. The number of rotatable bonds is 8. The number of aromatic nitrogens is 1. The predicted octanol–water partition coefficient (Wildman–Crippen LogP) is 4.58. The van der Waals surface area contributed by atoms with Crippen LogP contribution >= 0.6 is 12.2 Å². The molecule has 0 bridgehead atoms. The fourth-order valence-electron chi connectivity index (χ4n) is 4.20. The molecule has 164 valence electrons. The maximum absolute atomic E-state index is 12.8. The molecule has 30 heavy (non-hydrogen) atoms. The number of nitrogens with zero attached hydrogens (tertiary/aromatic N) is 1. The smallest absolute Gasteiger partial charge is 0.253 e. The van der Waals surface area contributed by atoms with E-state index in [1.54, 1.807) is 0 Å². The summed E-state index contributed by atoms with van der Waals surface area (Å²) in [7, 11) is 0. The summed E-state index contributed by atoms with van der Waals surface area (Å²) in [6.45, 7) is 8.99. The van der Waals surface area contributed by atoms with Crippen LogP contribution < -0.4 is 10.9 Å². The third-order valence-electron chi connectivity index (χ3n) is 6.10. The van der Waals surface area contributed by atoms with Gasteiger partial charge in [-0.05, 0) is 87.0 Å². The third-order valence-corrected chi connectivity index (χ3v) is 6.48.